The molecule has 0 unspecified atom stereocenters. The summed E-state index contributed by atoms with van der Waals surface area (Å²) in [7, 11) is 0. The summed E-state index contributed by atoms with van der Waals surface area (Å²) in [6.45, 7) is 4.60. The minimum Gasteiger partial charge on any atom is -0.206 e. The summed E-state index contributed by atoms with van der Waals surface area (Å²) >= 11 is 0. The van der Waals surface area contributed by atoms with Crippen LogP contribution in [-0.2, 0) is 0 Å². The van der Waals surface area contributed by atoms with Gasteiger partial charge in [0.2, 0.25) is 0 Å². The second-order valence-electron chi connectivity index (χ2n) is 7.71. The number of rotatable bonds is 0. The molecule has 200 valence electrons. The molecule has 0 aliphatic carbocycles. The van der Waals surface area contributed by atoms with Crippen molar-refractivity contribution in [2.24, 2.45) is 0 Å². The zero-order valence-corrected chi connectivity index (χ0v) is 18.9. The predicted molar refractivity (Wildman–Crippen MR) is 112 cm³/mol. The molecule has 0 fully saturated rings. The second-order valence-corrected chi connectivity index (χ2v) is 7.71. The molecule has 0 aliphatic rings. The number of benzene rings is 5. The number of hydrogen-bond donors (Lipinski definition) is 0. The first kappa shape index (κ1) is 27.3. The molecule has 5 aromatic carbocycles. The Kier molecular flexibility index (Phi) is 6.40. The van der Waals surface area contributed by atoms with Crippen molar-refractivity contribution in [2.45, 2.75) is 20.8 Å². The molecule has 0 nitrogen and oxygen atoms in total. The van der Waals surface area contributed by atoms with E-state index in [-0.39, 0.29) is 0 Å². The standard InChI is InChI=1S/C23H3F13.C2H6/c1-2-11(24)3-8(19(32)12(2)25)16(29)5-4(13(3)26)14(27)6-7(15(5)28)18(31)10-9(17(6)30)20(33)22(35)23(36)21(10)34;1-2/h1H3;1-2H3. The average Bonchev–Trinajstić information content (AvgIpc) is 2.89. The Morgan fingerprint density at radius 1 is 0.237 bits per heavy atom. The minimum atomic E-state index is -2.66. The molecule has 0 radical (unpaired) electrons. The lowest BCUT2D eigenvalue weighted by molar-refractivity contribution is 0.415. The number of hydrogen-bond acceptors (Lipinski definition) is 0. The highest BCUT2D eigenvalue weighted by atomic mass is 19.2. The molecule has 0 saturated heterocycles. The minimum absolute atomic E-state index is 0.595. The van der Waals surface area contributed by atoms with Gasteiger partial charge in [0, 0.05) is 5.56 Å². The van der Waals surface area contributed by atoms with E-state index in [4.69, 9.17) is 0 Å². The van der Waals surface area contributed by atoms with Crippen LogP contribution < -0.4 is 0 Å². The lowest BCUT2D eigenvalue weighted by atomic mass is 9.92. The van der Waals surface area contributed by atoms with Crippen molar-refractivity contribution in [2.75, 3.05) is 0 Å². The van der Waals surface area contributed by atoms with E-state index in [2.05, 4.69) is 0 Å². The first-order valence-corrected chi connectivity index (χ1v) is 10.5. The van der Waals surface area contributed by atoms with Crippen molar-refractivity contribution < 1.29 is 57.1 Å². The van der Waals surface area contributed by atoms with Gasteiger partial charge >= 0.3 is 0 Å². The molecule has 5 rings (SSSR count). The van der Waals surface area contributed by atoms with Gasteiger partial charge in [-0.2, -0.15) is 0 Å². The molecule has 0 spiro atoms. The Hall–Kier alpha value is -3.77. The third kappa shape index (κ3) is 3.13. The van der Waals surface area contributed by atoms with Crippen molar-refractivity contribution in [3.8, 4) is 0 Å². The summed E-state index contributed by atoms with van der Waals surface area (Å²) in [5.41, 5.74) is -1.20. The van der Waals surface area contributed by atoms with Crippen molar-refractivity contribution in [1.82, 2.24) is 0 Å². The molecule has 0 aromatic heterocycles. The summed E-state index contributed by atoms with van der Waals surface area (Å²) in [6.07, 6.45) is 0. The molecule has 0 amide bonds. The van der Waals surface area contributed by atoms with Crippen LogP contribution in [0.5, 0.6) is 0 Å². The molecule has 0 saturated carbocycles. The topological polar surface area (TPSA) is 0 Å². The van der Waals surface area contributed by atoms with Gasteiger partial charge in [-0.05, 0) is 6.92 Å². The third-order valence-electron chi connectivity index (χ3n) is 5.94. The van der Waals surface area contributed by atoms with Gasteiger partial charge in [0.15, 0.2) is 34.9 Å². The summed E-state index contributed by atoms with van der Waals surface area (Å²) < 4.78 is 190. The monoisotopic (exact) mass is 556 g/mol. The molecule has 0 heterocycles. The van der Waals surface area contributed by atoms with Gasteiger partial charge in [-0.3, -0.25) is 0 Å². The van der Waals surface area contributed by atoms with E-state index in [1.54, 1.807) is 0 Å². The molecule has 0 atom stereocenters. The largest absolute Gasteiger partial charge is 0.206 e. The van der Waals surface area contributed by atoms with Crippen molar-refractivity contribution in [3.05, 3.63) is 81.2 Å². The van der Waals surface area contributed by atoms with Crippen LogP contribution in [0, 0.1) is 82.5 Å². The molecule has 13 heteroatoms. The number of fused-ring (bicyclic) bond motifs is 4. The molecular formula is C25H9F13. The molecule has 0 N–H and O–H groups in total. The maximum absolute atomic E-state index is 15.4. The van der Waals surface area contributed by atoms with E-state index in [0.717, 1.165) is 0 Å². The van der Waals surface area contributed by atoms with Crippen molar-refractivity contribution >= 4 is 43.1 Å². The Bertz CT molecular complexity index is 1610. The van der Waals surface area contributed by atoms with Crippen molar-refractivity contribution in [3.63, 3.8) is 0 Å². The summed E-state index contributed by atoms with van der Waals surface area (Å²) in [6, 6.07) is 0. The predicted octanol–water partition coefficient (Wildman–Crippen LogP) is 9.44. The zero-order valence-electron chi connectivity index (χ0n) is 18.9. The Labute approximate surface area is 202 Å². The maximum atomic E-state index is 15.4. The first-order chi connectivity index (χ1) is 17.7. The normalized spacial score (nSPS) is 11.7. The van der Waals surface area contributed by atoms with Gasteiger partial charge in [-0.1, -0.05) is 13.8 Å². The van der Waals surface area contributed by atoms with Crippen LogP contribution in [0.3, 0.4) is 0 Å². The smallest absolute Gasteiger partial charge is 0.198 e. The van der Waals surface area contributed by atoms with Gasteiger partial charge in [0.1, 0.15) is 40.7 Å². The molecule has 38 heavy (non-hydrogen) atoms. The molecule has 5 aromatic rings. The van der Waals surface area contributed by atoms with Crippen LogP contribution in [0.1, 0.15) is 19.4 Å². The van der Waals surface area contributed by atoms with E-state index in [0.29, 0.717) is 6.92 Å². The average molecular weight is 556 g/mol. The highest BCUT2D eigenvalue weighted by Gasteiger charge is 2.35. The molecular weight excluding hydrogens is 547 g/mol. The highest BCUT2D eigenvalue weighted by Crippen LogP contribution is 2.45. The fourth-order valence-corrected chi connectivity index (χ4v) is 4.25. The SMILES string of the molecule is CC.Cc1c(F)c(F)c2c(F)c3c(F)c4c(F)c5c(F)c(F)c(F)c(F)c5c(F)c4c(F)c3c(F)c2c1F. The fraction of sp³-hybridized carbons (Fsp3) is 0.120. The van der Waals surface area contributed by atoms with Crippen LogP contribution in [0.2, 0.25) is 0 Å². The lowest BCUT2D eigenvalue weighted by Gasteiger charge is -2.16. The summed E-state index contributed by atoms with van der Waals surface area (Å²) in [4.78, 5) is 0. The van der Waals surface area contributed by atoms with E-state index < -0.39 is 124 Å². The fourth-order valence-electron chi connectivity index (χ4n) is 4.25. The van der Waals surface area contributed by atoms with Crippen molar-refractivity contribution in [1.29, 1.82) is 0 Å². The zero-order chi connectivity index (χ0) is 28.7. The number of halogens is 13. The van der Waals surface area contributed by atoms with Gasteiger partial charge in [0.25, 0.3) is 0 Å². The van der Waals surface area contributed by atoms with Gasteiger partial charge in [-0.15, -0.1) is 0 Å². The Morgan fingerprint density at radius 3 is 0.684 bits per heavy atom. The van der Waals surface area contributed by atoms with Crippen LogP contribution >= 0.6 is 0 Å². The maximum Gasteiger partial charge on any atom is 0.198 e. The Balaban J connectivity index is 0.00000164. The van der Waals surface area contributed by atoms with E-state index in [9.17, 15) is 30.7 Å². The second kappa shape index (κ2) is 8.91. The third-order valence-corrected chi connectivity index (χ3v) is 5.94. The lowest BCUT2D eigenvalue weighted by Crippen LogP contribution is -2.08. The first-order valence-electron chi connectivity index (χ1n) is 10.5. The van der Waals surface area contributed by atoms with Crippen LogP contribution in [0.15, 0.2) is 0 Å². The molecule has 0 aliphatic heterocycles. The van der Waals surface area contributed by atoms with Gasteiger partial charge in [0.05, 0.1) is 43.1 Å². The summed E-state index contributed by atoms with van der Waals surface area (Å²) in [5.74, 6) is -31.1. The van der Waals surface area contributed by atoms with Gasteiger partial charge < -0.3 is 0 Å². The van der Waals surface area contributed by atoms with E-state index in [1.807, 2.05) is 13.8 Å². The van der Waals surface area contributed by atoms with Crippen LogP contribution in [0.25, 0.3) is 43.1 Å². The van der Waals surface area contributed by atoms with E-state index >= 15 is 26.3 Å². The quantitative estimate of drug-likeness (QED) is 0.0772. The Morgan fingerprint density at radius 2 is 0.421 bits per heavy atom. The van der Waals surface area contributed by atoms with E-state index in [1.165, 1.54) is 0 Å². The van der Waals surface area contributed by atoms with Crippen LogP contribution in [-0.4, -0.2) is 0 Å². The van der Waals surface area contributed by atoms with Crippen LogP contribution in [0.4, 0.5) is 57.1 Å². The molecule has 0 bridgehead atoms. The van der Waals surface area contributed by atoms with Gasteiger partial charge in [-0.25, -0.2) is 57.1 Å². The summed E-state index contributed by atoms with van der Waals surface area (Å²) in [5, 5.41) is -15.6. The highest BCUT2D eigenvalue weighted by molar-refractivity contribution is 6.11.